The normalized spacial score (nSPS) is 11.8. The molecule has 0 aromatic heterocycles. The summed E-state index contributed by atoms with van der Waals surface area (Å²) in [6.07, 6.45) is 0.475. The Kier molecular flexibility index (Phi) is 6.18. The van der Waals surface area contributed by atoms with Gasteiger partial charge >= 0.3 is 0 Å². The molecule has 5 heteroatoms. The second-order valence-electron chi connectivity index (χ2n) is 5.02. The SMILES string of the molecule is CC(=O)Nc1cccc(C(C)NCCC(=O)N(C)C)c1. The van der Waals surface area contributed by atoms with Gasteiger partial charge < -0.3 is 15.5 Å². The van der Waals surface area contributed by atoms with Crippen LogP contribution in [0, 0.1) is 0 Å². The fraction of sp³-hybridized carbons (Fsp3) is 0.467. The van der Waals surface area contributed by atoms with Crippen molar-refractivity contribution in [3.63, 3.8) is 0 Å². The van der Waals surface area contributed by atoms with Crippen LogP contribution < -0.4 is 10.6 Å². The number of rotatable bonds is 6. The van der Waals surface area contributed by atoms with Gasteiger partial charge in [0.25, 0.3) is 0 Å². The first kappa shape index (κ1) is 16.2. The number of nitrogens with one attached hydrogen (secondary N) is 2. The predicted octanol–water partition coefficient (Wildman–Crippen LogP) is 1.77. The maximum atomic E-state index is 11.5. The van der Waals surface area contributed by atoms with Crippen LogP contribution in [0.1, 0.15) is 31.9 Å². The first-order valence-electron chi connectivity index (χ1n) is 6.71. The minimum absolute atomic E-state index is 0.0839. The molecule has 1 aromatic carbocycles. The minimum Gasteiger partial charge on any atom is -0.349 e. The van der Waals surface area contributed by atoms with Crippen LogP contribution in [0.4, 0.5) is 5.69 Å². The lowest BCUT2D eigenvalue weighted by Gasteiger charge is -2.16. The van der Waals surface area contributed by atoms with Crippen molar-refractivity contribution in [2.45, 2.75) is 26.3 Å². The molecule has 1 rings (SSSR count). The molecule has 0 fully saturated rings. The Morgan fingerprint density at radius 2 is 2.00 bits per heavy atom. The molecule has 0 radical (unpaired) electrons. The highest BCUT2D eigenvalue weighted by Gasteiger charge is 2.08. The lowest BCUT2D eigenvalue weighted by Crippen LogP contribution is -2.28. The zero-order valence-electron chi connectivity index (χ0n) is 12.6. The molecule has 2 amide bonds. The summed E-state index contributed by atoms with van der Waals surface area (Å²) in [5, 5.41) is 6.07. The Morgan fingerprint density at radius 3 is 2.60 bits per heavy atom. The highest BCUT2D eigenvalue weighted by Crippen LogP contribution is 2.17. The highest BCUT2D eigenvalue weighted by molar-refractivity contribution is 5.88. The Morgan fingerprint density at radius 1 is 1.30 bits per heavy atom. The average Bonchev–Trinajstić information content (AvgIpc) is 2.37. The molecule has 0 aliphatic heterocycles. The van der Waals surface area contributed by atoms with E-state index < -0.39 is 0 Å². The van der Waals surface area contributed by atoms with Crippen molar-refractivity contribution in [1.29, 1.82) is 0 Å². The third kappa shape index (κ3) is 5.40. The van der Waals surface area contributed by atoms with E-state index in [1.54, 1.807) is 19.0 Å². The Balaban J connectivity index is 2.52. The van der Waals surface area contributed by atoms with Crippen molar-refractivity contribution in [3.8, 4) is 0 Å². The van der Waals surface area contributed by atoms with E-state index in [0.29, 0.717) is 13.0 Å². The third-order valence-corrected chi connectivity index (χ3v) is 3.00. The van der Waals surface area contributed by atoms with Gasteiger partial charge in [0.15, 0.2) is 0 Å². The number of hydrogen-bond acceptors (Lipinski definition) is 3. The lowest BCUT2D eigenvalue weighted by molar-refractivity contribution is -0.128. The van der Waals surface area contributed by atoms with Gasteiger partial charge in [0.05, 0.1) is 0 Å². The molecular formula is C15H23N3O2. The van der Waals surface area contributed by atoms with Crippen LogP contribution in [0.2, 0.25) is 0 Å². The van der Waals surface area contributed by atoms with Gasteiger partial charge in [-0.2, -0.15) is 0 Å². The van der Waals surface area contributed by atoms with Crippen LogP contribution in [0.15, 0.2) is 24.3 Å². The van der Waals surface area contributed by atoms with Crippen molar-refractivity contribution in [1.82, 2.24) is 10.2 Å². The molecule has 1 atom stereocenters. The van der Waals surface area contributed by atoms with E-state index in [1.165, 1.54) is 6.92 Å². The average molecular weight is 277 g/mol. The highest BCUT2D eigenvalue weighted by atomic mass is 16.2. The summed E-state index contributed by atoms with van der Waals surface area (Å²) in [4.78, 5) is 24.1. The lowest BCUT2D eigenvalue weighted by atomic mass is 10.1. The molecule has 0 saturated carbocycles. The molecule has 0 spiro atoms. The van der Waals surface area contributed by atoms with Crippen LogP contribution >= 0.6 is 0 Å². The van der Waals surface area contributed by atoms with Crippen LogP contribution in [-0.2, 0) is 9.59 Å². The summed E-state index contributed by atoms with van der Waals surface area (Å²) >= 11 is 0. The third-order valence-electron chi connectivity index (χ3n) is 3.00. The van der Waals surface area contributed by atoms with Crippen molar-refractivity contribution in [2.75, 3.05) is 26.0 Å². The van der Waals surface area contributed by atoms with E-state index in [1.807, 2.05) is 31.2 Å². The Labute approximate surface area is 120 Å². The van der Waals surface area contributed by atoms with Crippen LogP contribution in [-0.4, -0.2) is 37.4 Å². The summed E-state index contributed by atoms with van der Waals surface area (Å²) < 4.78 is 0. The summed E-state index contributed by atoms with van der Waals surface area (Å²) in [6.45, 7) is 4.15. The van der Waals surface area contributed by atoms with Gasteiger partial charge in [0.2, 0.25) is 11.8 Å². The van der Waals surface area contributed by atoms with Gasteiger partial charge in [-0.3, -0.25) is 9.59 Å². The molecule has 0 heterocycles. The molecule has 0 bridgehead atoms. The van der Waals surface area contributed by atoms with Gasteiger partial charge in [-0.25, -0.2) is 0 Å². The topological polar surface area (TPSA) is 61.4 Å². The molecule has 2 N–H and O–H groups in total. The number of benzene rings is 1. The number of carbonyl (C=O) groups is 2. The van der Waals surface area contributed by atoms with Gasteiger partial charge in [-0.1, -0.05) is 12.1 Å². The second-order valence-corrected chi connectivity index (χ2v) is 5.02. The standard InChI is InChI=1S/C15H23N3O2/c1-11(16-9-8-15(20)18(3)4)13-6-5-7-14(10-13)17-12(2)19/h5-7,10-11,16H,8-9H2,1-4H3,(H,17,19). The molecular weight excluding hydrogens is 254 g/mol. The maximum absolute atomic E-state index is 11.5. The van der Waals surface area contributed by atoms with E-state index in [2.05, 4.69) is 10.6 Å². The number of anilines is 1. The zero-order chi connectivity index (χ0) is 15.1. The van der Waals surface area contributed by atoms with Crippen molar-refractivity contribution < 1.29 is 9.59 Å². The Bertz CT molecular complexity index is 472. The van der Waals surface area contributed by atoms with E-state index in [-0.39, 0.29) is 17.9 Å². The van der Waals surface area contributed by atoms with Gasteiger partial charge in [-0.15, -0.1) is 0 Å². The molecule has 0 aliphatic carbocycles. The molecule has 0 aliphatic rings. The van der Waals surface area contributed by atoms with Gasteiger partial charge in [-0.05, 0) is 24.6 Å². The molecule has 0 saturated heterocycles. The van der Waals surface area contributed by atoms with E-state index in [9.17, 15) is 9.59 Å². The van der Waals surface area contributed by atoms with Crippen molar-refractivity contribution in [2.24, 2.45) is 0 Å². The zero-order valence-corrected chi connectivity index (χ0v) is 12.6. The summed E-state index contributed by atoms with van der Waals surface area (Å²) in [5.41, 5.74) is 1.86. The van der Waals surface area contributed by atoms with E-state index >= 15 is 0 Å². The number of carbonyl (C=O) groups excluding carboxylic acids is 2. The summed E-state index contributed by atoms with van der Waals surface area (Å²) in [7, 11) is 3.51. The minimum atomic E-state index is -0.0839. The summed E-state index contributed by atoms with van der Waals surface area (Å²) in [5.74, 6) is 0.0241. The monoisotopic (exact) mass is 277 g/mol. The van der Waals surface area contributed by atoms with Crippen molar-refractivity contribution in [3.05, 3.63) is 29.8 Å². The van der Waals surface area contributed by atoms with E-state index in [0.717, 1.165) is 11.3 Å². The fourth-order valence-corrected chi connectivity index (χ4v) is 1.83. The van der Waals surface area contributed by atoms with Crippen LogP contribution in [0.25, 0.3) is 0 Å². The smallest absolute Gasteiger partial charge is 0.223 e. The quantitative estimate of drug-likeness (QED) is 0.833. The second kappa shape index (κ2) is 7.65. The number of amides is 2. The van der Waals surface area contributed by atoms with E-state index in [4.69, 9.17) is 0 Å². The fourth-order valence-electron chi connectivity index (χ4n) is 1.83. The molecule has 110 valence electrons. The van der Waals surface area contributed by atoms with Crippen LogP contribution in [0.3, 0.4) is 0 Å². The molecule has 5 nitrogen and oxygen atoms in total. The predicted molar refractivity (Wildman–Crippen MR) is 80.5 cm³/mol. The van der Waals surface area contributed by atoms with Gasteiger partial charge in [0, 0.05) is 45.7 Å². The molecule has 20 heavy (non-hydrogen) atoms. The van der Waals surface area contributed by atoms with Gasteiger partial charge in [0.1, 0.15) is 0 Å². The Hall–Kier alpha value is -1.88. The van der Waals surface area contributed by atoms with Crippen molar-refractivity contribution >= 4 is 17.5 Å². The first-order chi connectivity index (χ1) is 9.40. The number of hydrogen-bond donors (Lipinski definition) is 2. The number of nitrogens with zero attached hydrogens (tertiary/aromatic N) is 1. The first-order valence-corrected chi connectivity index (χ1v) is 6.71. The summed E-state index contributed by atoms with van der Waals surface area (Å²) in [6, 6.07) is 7.82. The largest absolute Gasteiger partial charge is 0.349 e. The molecule has 1 unspecified atom stereocenters. The van der Waals surface area contributed by atoms with Crippen LogP contribution in [0.5, 0.6) is 0 Å². The maximum Gasteiger partial charge on any atom is 0.223 e. The molecule has 1 aromatic rings.